The highest BCUT2D eigenvalue weighted by Crippen LogP contribution is 2.03. The first-order chi connectivity index (χ1) is 4.83. The Hall–Kier alpha value is -0.270. The van der Waals surface area contributed by atoms with Gasteiger partial charge in [0.15, 0.2) is 0 Å². The summed E-state index contributed by atoms with van der Waals surface area (Å²) in [6.45, 7) is 2.98. The number of rotatable bonds is 3. The quantitative estimate of drug-likeness (QED) is 0.680. The fraction of sp³-hybridized carbons (Fsp3) is 0.750. The predicted octanol–water partition coefficient (Wildman–Crippen LogP) is 0.723. The molecular formula is C4H8O5S2. The Morgan fingerprint density at radius 1 is 1.45 bits per heavy atom. The van der Waals surface area contributed by atoms with Gasteiger partial charge in [0.1, 0.15) is 0 Å². The van der Waals surface area contributed by atoms with Gasteiger partial charge in [-0.3, -0.25) is 0 Å². The van der Waals surface area contributed by atoms with Gasteiger partial charge in [0.2, 0.25) is 0 Å². The van der Waals surface area contributed by atoms with Crippen LogP contribution in [0.5, 0.6) is 0 Å². The summed E-state index contributed by atoms with van der Waals surface area (Å²) < 4.78 is 29.0. The van der Waals surface area contributed by atoms with E-state index in [4.69, 9.17) is 0 Å². The predicted molar refractivity (Wildman–Crippen MR) is 40.6 cm³/mol. The number of carbonyl (C=O) groups excluding carboxylic acids is 1. The normalized spacial score (nSPS) is 11.6. The van der Waals surface area contributed by atoms with Crippen molar-refractivity contribution in [2.24, 2.45) is 0 Å². The molecule has 11 heavy (non-hydrogen) atoms. The van der Waals surface area contributed by atoms with Gasteiger partial charge in [0.25, 0.3) is 0 Å². The standard InChI is InChI=1S/C4H8O5S2/c1-3(2)8-11(6,7)9-4(5)10/h3H,1-2H3,(H,5,10). The Morgan fingerprint density at radius 3 is 2.18 bits per heavy atom. The highest BCUT2D eigenvalue weighted by Gasteiger charge is 2.17. The number of hydrogen-bond donors (Lipinski definition) is 1. The monoisotopic (exact) mass is 200 g/mol. The van der Waals surface area contributed by atoms with Crippen LogP contribution in [0.15, 0.2) is 0 Å². The Bertz CT molecular complexity index is 229. The van der Waals surface area contributed by atoms with E-state index in [9.17, 15) is 13.2 Å². The first-order valence-corrected chi connectivity index (χ1v) is 4.47. The van der Waals surface area contributed by atoms with Crippen molar-refractivity contribution in [2.45, 2.75) is 20.0 Å². The summed E-state index contributed by atoms with van der Waals surface area (Å²) in [6.07, 6.45) is -0.562. The molecule has 0 bridgehead atoms. The van der Waals surface area contributed by atoms with E-state index in [2.05, 4.69) is 21.0 Å². The molecule has 0 aliphatic carbocycles. The molecule has 66 valence electrons. The van der Waals surface area contributed by atoms with Gasteiger partial charge < -0.3 is 4.18 Å². The average Bonchev–Trinajstić information content (AvgIpc) is 1.53. The average molecular weight is 200 g/mol. The van der Waals surface area contributed by atoms with E-state index in [1.165, 1.54) is 13.8 Å². The van der Waals surface area contributed by atoms with Crippen LogP contribution in [-0.2, 0) is 18.8 Å². The summed E-state index contributed by atoms with van der Waals surface area (Å²) in [5.41, 5.74) is 0. The SMILES string of the molecule is CC(C)OS(=O)(=O)OC(=O)S. The van der Waals surface area contributed by atoms with Gasteiger partial charge in [-0.15, -0.1) is 0 Å². The fourth-order valence-corrected chi connectivity index (χ4v) is 1.30. The van der Waals surface area contributed by atoms with Crippen LogP contribution in [-0.4, -0.2) is 19.8 Å². The molecule has 0 saturated heterocycles. The number of thiol groups is 1. The molecule has 0 aromatic heterocycles. The maximum Gasteiger partial charge on any atom is 0.452 e. The molecule has 0 aliphatic rings. The summed E-state index contributed by atoms with van der Waals surface area (Å²) in [5.74, 6) is 0. The maximum atomic E-state index is 10.5. The van der Waals surface area contributed by atoms with Crippen LogP contribution in [0.25, 0.3) is 0 Å². The Labute approximate surface area is 70.4 Å². The Kier molecular flexibility index (Phi) is 3.84. The van der Waals surface area contributed by atoms with Gasteiger partial charge in [-0.1, -0.05) is 12.6 Å². The molecule has 5 nitrogen and oxygen atoms in total. The van der Waals surface area contributed by atoms with Crippen LogP contribution in [0.4, 0.5) is 4.79 Å². The van der Waals surface area contributed by atoms with Crippen molar-refractivity contribution in [1.29, 1.82) is 0 Å². The molecule has 0 fully saturated rings. The minimum Gasteiger partial charge on any atom is -0.315 e. The van der Waals surface area contributed by atoms with Gasteiger partial charge in [0.05, 0.1) is 6.10 Å². The van der Waals surface area contributed by atoms with E-state index < -0.39 is 21.8 Å². The van der Waals surface area contributed by atoms with Crippen molar-refractivity contribution >= 4 is 28.3 Å². The van der Waals surface area contributed by atoms with Crippen molar-refractivity contribution < 1.29 is 21.6 Å². The number of hydrogen-bond acceptors (Lipinski definition) is 5. The molecule has 0 heterocycles. The van der Waals surface area contributed by atoms with Gasteiger partial charge in [-0.25, -0.2) is 8.98 Å². The van der Waals surface area contributed by atoms with Crippen LogP contribution in [0.3, 0.4) is 0 Å². The van der Waals surface area contributed by atoms with E-state index in [-0.39, 0.29) is 0 Å². The molecule has 0 radical (unpaired) electrons. The second kappa shape index (κ2) is 3.93. The van der Waals surface area contributed by atoms with E-state index in [1.807, 2.05) is 0 Å². The molecule has 7 heteroatoms. The third-order valence-electron chi connectivity index (χ3n) is 0.484. The smallest absolute Gasteiger partial charge is 0.315 e. The van der Waals surface area contributed by atoms with Gasteiger partial charge in [0, 0.05) is 0 Å². The molecule has 0 aromatic carbocycles. The van der Waals surface area contributed by atoms with E-state index in [1.54, 1.807) is 0 Å². The largest absolute Gasteiger partial charge is 0.452 e. The summed E-state index contributed by atoms with van der Waals surface area (Å²) in [4.78, 5) is 10.0. The molecule has 0 rings (SSSR count). The van der Waals surface area contributed by atoms with Gasteiger partial charge in [-0.2, -0.15) is 8.42 Å². The van der Waals surface area contributed by atoms with Gasteiger partial charge in [-0.05, 0) is 13.8 Å². The molecule has 0 aliphatic heterocycles. The lowest BCUT2D eigenvalue weighted by molar-refractivity contribution is 0.188. The molecule has 0 saturated carbocycles. The zero-order valence-corrected chi connectivity index (χ0v) is 7.68. The zero-order chi connectivity index (χ0) is 9.07. The topological polar surface area (TPSA) is 69.7 Å². The summed E-state index contributed by atoms with van der Waals surface area (Å²) >= 11 is 3.09. The molecule has 0 spiro atoms. The second-order valence-electron chi connectivity index (χ2n) is 1.90. The number of carbonyl (C=O) groups is 1. The fourth-order valence-electron chi connectivity index (χ4n) is 0.343. The van der Waals surface area contributed by atoms with E-state index in [0.717, 1.165) is 0 Å². The third-order valence-corrected chi connectivity index (χ3v) is 1.67. The van der Waals surface area contributed by atoms with Crippen LogP contribution in [0, 0.1) is 0 Å². The molecule has 0 unspecified atom stereocenters. The summed E-state index contributed by atoms with van der Waals surface area (Å²) in [7, 11) is -4.21. The Morgan fingerprint density at radius 2 is 1.91 bits per heavy atom. The van der Waals surface area contributed by atoms with Crippen LogP contribution in [0.1, 0.15) is 13.8 Å². The summed E-state index contributed by atoms with van der Waals surface area (Å²) in [5, 5.41) is -1.22. The van der Waals surface area contributed by atoms with Crippen LogP contribution < -0.4 is 0 Å². The molecule has 0 atom stereocenters. The van der Waals surface area contributed by atoms with Crippen molar-refractivity contribution in [3.8, 4) is 0 Å². The first kappa shape index (κ1) is 10.7. The zero-order valence-electron chi connectivity index (χ0n) is 5.97. The third kappa shape index (κ3) is 6.14. The van der Waals surface area contributed by atoms with Gasteiger partial charge >= 0.3 is 15.7 Å². The molecule has 0 aromatic rings. The van der Waals surface area contributed by atoms with Crippen molar-refractivity contribution in [1.82, 2.24) is 0 Å². The van der Waals surface area contributed by atoms with Crippen molar-refractivity contribution in [3.63, 3.8) is 0 Å². The lowest BCUT2D eigenvalue weighted by Gasteiger charge is -2.05. The lowest BCUT2D eigenvalue weighted by Crippen LogP contribution is -2.16. The van der Waals surface area contributed by atoms with Crippen molar-refractivity contribution in [2.75, 3.05) is 0 Å². The minimum absolute atomic E-state index is 0.562. The first-order valence-electron chi connectivity index (χ1n) is 2.69. The molecule has 0 amide bonds. The molecular weight excluding hydrogens is 192 g/mol. The van der Waals surface area contributed by atoms with E-state index in [0.29, 0.717) is 0 Å². The van der Waals surface area contributed by atoms with Crippen LogP contribution >= 0.6 is 12.6 Å². The van der Waals surface area contributed by atoms with Crippen molar-refractivity contribution in [3.05, 3.63) is 0 Å². The Balaban J connectivity index is 4.14. The second-order valence-corrected chi connectivity index (χ2v) is 3.44. The highest BCUT2D eigenvalue weighted by molar-refractivity contribution is 7.97. The van der Waals surface area contributed by atoms with Crippen LogP contribution in [0.2, 0.25) is 0 Å². The molecule has 0 N–H and O–H groups in total. The summed E-state index contributed by atoms with van der Waals surface area (Å²) in [6, 6.07) is 0. The van der Waals surface area contributed by atoms with E-state index >= 15 is 0 Å². The minimum atomic E-state index is -4.21. The lowest BCUT2D eigenvalue weighted by atomic mass is 10.5. The highest BCUT2D eigenvalue weighted by atomic mass is 32.3. The maximum absolute atomic E-state index is 10.5.